The molecule has 0 heterocycles. The Labute approximate surface area is 129 Å². The van der Waals surface area contributed by atoms with E-state index in [-0.39, 0.29) is 0 Å². The van der Waals surface area contributed by atoms with Gasteiger partial charge in [-0.1, -0.05) is 103 Å². The van der Waals surface area contributed by atoms with Crippen molar-refractivity contribution < 1.29 is 4.65 Å². The summed E-state index contributed by atoms with van der Waals surface area (Å²) in [6.07, 6.45) is 22.4. The van der Waals surface area contributed by atoms with Crippen LogP contribution in [-0.4, -0.2) is 14.7 Å². The van der Waals surface area contributed by atoms with Gasteiger partial charge in [0.2, 0.25) is 0 Å². The van der Waals surface area contributed by atoms with Crippen LogP contribution in [-0.2, 0) is 4.65 Å². The molecule has 0 amide bonds. The van der Waals surface area contributed by atoms with Gasteiger partial charge >= 0.3 is 0 Å². The Bertz CT molecular complexity index is 143. The molecule has 0 saturated carbocycles. The fraction of sp³-hybridized carbons (Fsp3) is 1.00. The summed E-state index contributed by atoms with van der Waals surface area (Å²) in [5.74, 6) is 0. The lowest BCUT2D eigenvalue weighted by molar-refractivity contribution is 0.332. The zero-order valence-electron chi connectivity index (χ0n) is 14.0. The topological polar surface area (TPSA) is 9.23 Å². The summed E-state index contributed by atoms with van der Waals surface area (Å²) in [6.45, 7) is 3.01. The van der Waals surface area contributed by atoms with Crippen LogP contribution in [0.2, 0.25) is 0 Å². The first-order valence-corrected chi connectivity index (χ1v) is 9.23. The highest BCUT2D eigenvalue weighted by molar-refractivity contribution is 5.97. The summed E-state index contributed by atoms with van der Waals surface area (Å²) in [7, 11) is 4.99. The highest BCUT2D eigenvalue weighted by Crippen LogP contribution is 2.13. The highest BCUT2D eigenvalue weighted by Gasteiger charge is 1.94. The molecule has 0 aromatic rings. The molecular formula is C18H37BO. The van der Waals surface area contributed by atoms with Gasteiger partial charge in [0.05, 0.1) is 0 Å². The molecule has 0 aliphatic heterocycles. The second kappa shape index (κ2) is 19.0. The molecule has 0 fully saturated rings. The molecule has 0 aliphatic rings. The van der Waals surface area contributed by atoms with Crippen LogP contribution in [0.3, 0.4) is 0 Å². The van der Waals surface area contributed by atoms with E-state index >= 15 is 0 Å². The van der Waals surface area contributed by atoms with Gasteiger partial charge in [0, 0.05) is 6.61 Å². The average molecular weight is 280 g/mol. The molecule has 2 radical (unpaired) electrons. The quantitative estimate of drug-likeness (QED) is 0.223. The lowest BCUT2D eigenvalue weighted by Crippen LogP contribution is -1.89. The maximum atomic E-state index is 4.99. The lowest BCUT2D eigenvalue weighted by Gasteiger charge is -2.03. The van der Waals surface area contributed by atoms with Crippen molar-refractivity contribution in [1.82, 2.24) is 0 Å². The number of rotatable bonds is 17. The van der Waals surface area contributed by atoms with Crippen LogP contribution >= 0.6 is 0 Å². The molecule has 0 bridgehead atoms. The van der Waals surface area contributed by atoms with E-state index in [1.807, 2.05) is 0 Å². The van der Waals surface area contributed by atoms with E-state index in [0.717, 1.165) is 13.0 Å². The van der Waals surface area contributed by atoms with Gasteiger partial charge < -0.3 is 4.65 Å². The second-order valence-corrected chi connectivity index (χ2v) is 6.17. The molecule has 20 heavy (non-hydrogen) atoms. The highest BCUT2D eigenvalue weighted by atomic mass is 16.4. The van der Waals surface area contributed by atoms with E-state index < -0.39 is 0 Å². The molecule has 2 heteroatoms. The van der Waals surface area contributed by atoms with Gasteiger partial charge in [0.25, 0.3) is 8.05 Å². The molecule has 118 valence electrons. The predicted molar refractivity (Wildman–Crippen MR) is 91.3 cm³/mol. The third-order valence-electron chi connectivity index (χ3n) is 4.12. The van der Waals surface area contributed by atoms with Gasteiger partial charge in [-0.25, -0.2) is 0 Å². The SMILES string of the molecule is [B]OCCCCCCCCCCCCCCCCCC. The molecule has 0 atom stereocenters. The molecule has 0 aromatic heterocycles. The summed E-state index contributed by atoms with van der Waals surface area (Å²) < 4.78 is 4.56. The van der Waals surface area contributed by atoms with Gasteiger partial charge in [-0.15, -0.1) is 0 Å². The van der Waals surface area contributed by atoms with Gasteiger partial charge in [-0.05, 0) is 6.42 Å². The largest absolute Gasteiger partial charge is 0.448 e. The monoisotopic (exact) mass is 280 g/mol. The van der Waals surface area contributed by atoms with Crippen molar-refractivity contribution in [2.24, 2.45) is 0 Å². The fourth-order valence-corrected chi connectivity index (χ4v) is 2.73. The maximum Gasteiger partial charge on any atom is 0.282 e. The van der Waals surface area contributed by atoms with Crippen LogP contribution in [0, 0.1) is 0 Å². The Kier molecular flexibility index (Phi) is 19.0. The fourth-order valence-electron chi connectivity index (χ4n) is 2.73. The van der Waals surface area contributed by atoms with Crippen LogP contribution in [0.5, 0.6) is 0 Å². The van der Waals surface area contributed by atoms with Crippen molar-refractivity contribution in [2.75, 3.05) is 6.61 Å². The summed E-state index contributed by atoms with van der Waals surface area (Å²) in [4.78, 5) is 0. The van der Waals surface area contributed by atoms with Crippen LogP contribution in [0.25, 0.3) is 0 Å². The number of hydrogen-bond acceptors (Lipinski definition) is 1. The van der Waals surface area contributed by atoms with Gasteiger partial charge in [-0.2, -0.15) is 0 Å². The molecule has 1 nitrogen and oxygen atoms in total. The standard InChI is InChI=1S/C18H37BO/c1-2-3-4-5-6-7-8-9-10-11-12-13-14-15-16-17-18-20-19/h2-18H2,1H3. The first kappa shape index (κ1) is 20.0. The molecule has 0 unspecified atom stereocenters. The van der Waals surface area contributed by atoms with Gasteiger partial charge in [0.1, 0.15) is 0 Å². The Morgan fingerprint density at radius 3 is 1.10 bits per heavy atom. The molecule has 0 spiro atoms. The second-order valence-electron chi connectivity index (χ2n) is 6.17. The van der Waals surface area contributed by atoms with Crippen LogP contribution in [0.15, 0.2) is 0 Å². The summed E-state index contributed by atoms with van der Waals surface area (Å²) in [5.41, 5.74) is 0. The van der Waals surface area contributed by atoms with Crippen molar-refractivity contribution >= 4 is 8.05 Å². The molecule has 0 rings (SSSR count). The molecular weight excluding hydrogens is 243 g/mol. The lowest BCUT2D eigenvalue weighted by atomic mass is 10.0. The maximum absolute atomic E-state index is 4.99. The summed E-state index contributed by atoms with van der Waals surface area (Å²) >= 11 is 0. The molecule has 0 aromatic carbocycles. The van der Waals surface area contributed by atoms with Crippen LogP contribution in [0.1, 0.15) is 110 Å². The van der Waals surface area contributed by atoms with Gasteiger partial charge in [0.15, 0.2) is 0 Å². The van der Waals surface area contributed by atoms with Crippen LogP contribution < -0.4 is 0 Å². The summed E-state index contributed by atoms with van der Waals surface area (Å²) in [6, 6.07) is 0. The predicted octanol–water partition coefficient (Wildman–Crippen LogP) is 6.35. The zero-order chi connectivity index (χ0) is 14.7. The number of hydrogen-bond donors (Lipinski definition) is 0. The summed E-state index contributed by atoms with van der Waals surface area (Å²) in [5, 5.41) is 0. The third kappa shape index (κ3) is 18.0. The Morgan fingerprint density at radius 1 is 0.500 bits per heavy atom. The Hall–Kier alpha value is 0.0249. The average Bonchev–Trinajstić information content (AvgIpc) is 2.47. The molecule has 0 saturated heterocycles. The van der Waals surface area contributed by atoms with E-state index in [0.29, 0.717) is 0 Å². The van der Waals surface area contributed by atoms with E-state index in [2.05, 4.69) is 11.6 Å². The van der Waals surface area contributed by atoms with E-state index in [4.69, 9.17) is 8.05 Å². The van der Waals surface area contributed by atoms with Crippen molar-refractivity contribution in [3.05, 3.63) is 0 Å². The zero-order valence-corrected chi connectivity index (χ0v) is 14.0. The first-order valence-electron chi connectivity index (χ1n) is 9.23. The normalized spacial score (nSPS) is 11.1. The number of unbranched alkanes of at least 4 members (excludes halogenated alkanes) is 15. The minimum Gasteiger partial charge on any atom is -0.448 e. The Balaban J connectivity index is 2.89. The minimum atomic E-state index is 0.721. The Morgan fingerprint density at radius 2 is 0.800 bits per heavy atom. The van der Waals surface area contributed by atoms with Crippen molar-refractivity contribution in [3.63, 3.8) is 0 Å². The van der Waals surface area contributed by atoms with Gasteiger partial charge in [-0.3, -0.25) is 0 Å². The van der Waals surface area contributed by atoms with Crippen molar-refractivity contribution in [1.29, 1.82) is 0 Å². The third-order valence-corrected chi connectivity index (χ3v) is 4.12. The van der Waals surface area contributed by atoms with Crippen molar-refractivity contribution in [3.8, 4) is 0 Å². The smallest absolute Gasteiger partial charge is 0.282 e. The molecule has 0 N–H and O–H groups in total. The van der Waals surface area contributed by atoms with E-state index in [1.54, 1.807) is 0 Å². The minimum absolute atomic E-state index is 0.721. The first-order chi connectivity index (χ1) is 9.91. The van der Waals surface area contributed by atoms with E-state index in [9.17, 15) is 0 Å². The van der Waals surface area contributed by atoms with Crippen molar-refractivity contribution in [2.45, 2.75) is 110 Å². The van der Waals surface area contributed by atoms with Crippen LogP contribution in [0.4, 0.5) is 0 Å². The molecule has 0 aliphatic carbocycles. The van der Waals surface area contributed by atoms with E-state index in [1.165, 1.54) is 96.3 Å².